The highest BCUT2D eigenvalue weighted by Gasteiger charge is 2.23. The zero-order chi connectivity index (χ0) is 16.9. The van der Waals surface area contributed by atoms with E-state index in [9.17, 15) is 4.79 Å². The van der Waals surface area contributed by atoms with Gasteiger partial charge in [-0.2, -0.15) is 11.8 Å². The number of anilines is 1. The van der Waals surface area contributed by atoms with Gasteiger partial charge >= 0.3 is 0 Å². The van der Waals surface area contributed by atoms with E-state index in [0.29, 0.717) is 5.25 Å². The zero-order valence-electron chi connectivity index (χ0n) is 14.3. The fraction of sp³-hybridized carbons (Fsp3) is 0.350. The van der Waals surface area contributed by atoms with Crippen LogP contribution in [0.2, 0.25) is 0 Å². The van der Waals surface area contributed by atoms with Crippen LogP contribution in [0, 0.1) is 0 Å². The normalized spacial score (nSPS) is 18.1. The Bertz CT molecular complexity index is 687. The highest BCUT2D eigenvalue weighted by atomic mass is 32.2. The molecule has 1 unspecified atom stereocenters. The molecule has 0 aliphatic carbocycles. The number of hydrogen-bond donors (Lipinski definition) is 0. The van der Waals surface area contributed by atoms with Crippen molar-refractivity contribution in [2.45, 2.75) is 11.7 Å². The molecule has 2 aromatic rings. The minimum absolute atomic E-state index is 0.146. The lowest BCUT2D eigenvalue weighted by atomic mass is 10.1. The van der Waals surface area contributed by atoms with Gasteiger partial charge in [-0.05, 0) is 30.2 Å². The number of hydrogen-bond acceptors (Lipinski definition) is 3. The van der Waals surface area contributed by atoms with Crippen LogP contribution in [0.3, 0.4) is 0 Å². The van der Waals surface area contributed by atoms with E-state index in [0.717, 1.165) is 36.5 Å². The molecule has 0 radical (unpaired) electrons. The highest BCUT2D eigenvalue weighted by Crippen LogP contribution is 2.34. The first kappa shape index (κ1) is 16.9. The first-order valence-electron chi connectivity index (χ1n) is 8.38. The van der Waals surface area contributed by atoms with E-state index >= 15 is 0 Å². The highest BCUT2D eigenvalue weighted by molar-refractivity contribution is 7.99. The van der Waals surface area contributed by atoms with Crippen molar-refractivity contribution < 1.29 is 4.79 Å². The monoisotopic (exact) mass is 340 g/mol. The summed E-state index contributed by atoms with van der Waals surface area (Å²) in [6, 6.07) is 18.5. The Kier molecular flexibility index (Phi) is 5.46. The number of amides is 1. The molecule has 1 heterocycles. The van der Waals surface area contributed by atoms with Crippen molar-refractivity contribution in [3.05, 3.63) is 65.7 Å². The van der Waals surface area contributed by atoms with Crippen molar-refractivity contribution >= 4 is 23.4 Å². The Morgan fingerprint density at radius 2 is 1.88 bits per heavy atom. The fourth-order valence-electron chi connectivity index (χ4n) is 3.01. The van der Waals surface area contributed by atoms with Crippen molar-refractivity contribution in [2.24, 2.45) is 0 Å². The summed E-state index contributed by atoms with van der Waals surface area (Å²) in [5.41, 5.74) is 3.21. The first-order valence-corrected chi connectivity index (χ1v) is 9.43. The second-order valence-corrected chi connectivity index (χ2v) is 7.61. The van der Waals surface area contributed by atoms with Crippen LogP contribution in [0.5, 0.6) is 0 Å². The topological polar surface area (TPSA) is 23.6 Å². The number of carbonyl (C=O) groups excluding carboxylic acids is 1. The average molecular weight is 340 g/mol. The van der Waals surface area contributed by atoms with Gasteiger partial charge in [0.25, 0.3) is 5.91 Å². The van der Waals surface area contributed by atoms with Crippen LogP contribution in [0.15, 0.2) is 54.6 Å². The van der Waals surface area contributed by atoms with Crippen LogP contribution >= 0.6 is 11.8 Å². The van der Waals surface area contributed by atoms with Crippen molar-refractivity contribution in [1.29, 1.82) is 0 Å². The van der Waals surface area contributed by atoms with Crippen LogP contribution in [-0.4, -0.2) is 43.7 Å². The molecule has 1 atom stereocenters. The van der Waals surface area contributed by atoms with Gasteiger partial charge in [0.1, 0.15) is 0 Å². The Morgan fingerprint density at radius 3 is 2.62 bits per heavy atom. The molecule has 1 fully saturated rings. The second kappa shape index (κ2) is 7.75. The van der Waals surface area contributed by atoms with Gasteiger partial charge in [0.2, 0.25) is 0 Å². The van der Waals surface area contributed by atoms with E-state index in [4.69, 9.17) is 0 Å². The van der Waals surface area contributed by atoms with Gasteiger partial charge in [-0.1, -0.05) is 36.4 Å². The van der Waals surface area contributed by atoms with E-state index in [-0.39, 0.29) is 5.91 Å². The molecule has 0 bridgehead atoms. The Labute approximate surface area is 148 Å². The lowest BCUT2D eigenvalue weighted by Gasteiger charge is -2.21. The minimum Gasteiger partial charge on any atom is -0.378 e. The van der Waals surface area contributed by atoms with E-state index < -0.39 is 0 Å². The zero-order valence-corrected chi connectivity index (χ0v) is 15.1. The molecular weight excluding hydrogens is 316 g/mol. The molecule has 1 aliphatic rings. The molecule has 126 valence electrons. The number of rotatable bonds is 3. The molecule has 3 nitrogen and oxygen atoms in total. The third kappa shape index (κ3) is 3.93. The molecule has 3 rings (SSSR count). The third-order valence-electron chi connectivity index (χ3n) is 4.41. The molecule has 0 N–H and O–H groups in total. The largest absolute Gasteiger partial charge is 0.378 e. The van der Waals surface area contributed by atoms with Crippen molar-refractivity contribution in [2.75, 3.05) is 37.8 Å². The summed E-state index contributed by atoms with van der Waals surface area (Å²) < 4.78 is 0. The number of benzene rings is 2. The predicted molar refractivity (Wildman–Crippen MR) is 103 cm³/mol. The SMILES string of the molecule is CN(C)c1cccc(C(=O)N2CCSC(c3ccccc3)CC2)c1. The Hall–Kier alpha value is -1.94. The number of nitrogens with zero attached hydrogens (tertiary/aromatic N) is 2. The lowest BCUT2D eigenvalue weighted by molar-refractivity contribution is 0.0766. The standard InChI is InChI=1S/C20H24N2OS/c1-21(2)18-10-6-9-17(15-18)20(23)22-12-11-19(24-14-13-22)16-7-4-3-5-8-16/h3-10,15,19H,11-14H2,1-2H3. The predicted octanol–water partition coefficient (Wildman–Crippen LogP) is 4.07. The Morgan fingerprint density at radius 1 is 1.08 bits per heavy atom. The molecule has 1 saturated heterocycles. The molecule has 4 heteroatoms. The summed E-state index contributed by atoms with van der Waals surface area (Å²) >= 11 is 1.96. The second-order valence-electron chi connectivity index (χ2n) is 6.30. The molecule has 0 aromatic heterocycles. The van der Waals surface area contributed by atoms with Crippen LogP contribution < -0.4 is 4.90 Å². The number of carbonyl (C=O) groups is 1. The smallest absolute Gasteiger partial charge is 0.253 e. The van der Waals surface area contributed by atoms with Crippen LogP contribution in [0.25, 0.3) is 0 Å². The maximum atomic E-state index is 12.9. The summed E-state index contributed by atoms with van der Waals surface area (Å²) in [4.78, 5) is 16.9. The maximum absolute atomic E-state index is 12.9. The quantitative estimate of drug-likeness (QED) is 0.841. The molecule has 0 spiro atoms. The van der Waals surface area contributed by atoms with E-state index in [2.05, 4.69) is 30.3 Å². The van der Waals surface area contributed by atoms with Gasteiger partial charge < -0.3 is 9.80 Å². The summed E-state index contributed by atoms with van der Waals surface area (Å²) in [5.74, 6) is 1.13. The molecular formula is C20H24N2OS. The lowest BCUT2D eigenvalue weighted by Crippen LogP contribution is -2.33. The molecule has 2 aromatic carbocycles. The fourth-order valence-corrected chi connectivity index (χ4v) is 4.24. The summed E-state index contributed by atoms with van der Waals surface area (Å²) in [5, 5.41) is 0.483. The van der Waals surface area contributed by atoms with Gasteiger partial charge in [-0.3, -0.25) is 4.79 Å². The molecule has 24 heavy (non-hydrogen) atoms. The van der Waals surface area contributed by atoms with Gasteiger partial charge in [-0.25, -0.2) is 0 Å². The van der Waals surface area contributed by atoms with Gasteiger partial charge in [-0.15, -0.1) is 0 Å². The van der Waals surface area contributed by atoms with E-state index in [1.807, 2.05) is 59.9 Å². The van der Waals surface area contributed by atoms with E-state index in [1.165, 1.54) is 5.56 Å². The summed E-state index contributed by atoms with van der Waals surface area (Å²) in [6.45, 7) is 1.64. The van der Waals surface area contributed by atoms with E-state index in [1.54, 1.807) is 0 Å². The van der Waals surface area contributed by atoms with Gasteiger partial charge in [0.15, 0.2) is 0 Å². The third-order valence-corrected chi connectivity index (χ3v) is 5.74. The van der Waals surface area contributed by atoms with Crippen molar-refractivity contribution in [1.82, 2.24) is 4.90 Å². The van der Waals surface area contributed by atoms with Crippen LogP contribution in [-0.2, 0) is 0 Å². The van der Waals surface area contributed by atoms with Crippen molar-refractivity contribution in [3.63, 3.8) is 0 Å². The molecule has 1 amide bonds. The molecule has 0 saturated carbocycles. The number of thioether (sulfide) groups is 1. The Balaban J connectivity index is 1.69. The minimum atomic E-state index is 0.146. The summed E-state index contributed by atoms with van der Waals surface area (Å²) in [7, 11) is 3.99. The van der Waals surface area contributed by atoms with Crippen molar-refractivity contribution in [3.8, 4) is 0 Å². The average Bonchev–Trinajstić information content (AvgIpc) is 2.88. The first-order chi connectivity index (χ1) is 11.6. The van der Waals surface area contributed by atoms with Gasteiger partial charge in [0, 0.05) is 49.4 Å². The van der Waals surface area contributed by atoms with Crippen LogP contribution in [0.4, 0.5) is 5.69 Å². The van der Waals surface area contributed by atoms with Gasteiger partial charge in [0.05, 0.1) is 0 Å². The maximum Gasteiger partial charge on any atom is 0.253 e. The van der Waals surface area contributed by atoms with Crippen LogP contribution in [0.1, 0.15) is 27.6 Å². The molecule has 1 aliphatic heterocycles. The summed E-state index contributed by atoms with van der Waals surface area (Å²) in [6.07, 6.45) is 1.01.